The van der Waals surface area contributed by atoms with Gasteiger partial charge < -0.3 is 19.8 Å². The van der Waals surface area contributed by atoms with E-state index in [4.69, 9.17) is 14.9 Å². The van der Waals surface area contributed by atoms with Crippen LogP contribution in [0.2, 0.25) is 0 Å². The number of rotatable bonds is 5. The molecule has 0 bridgehead atoms. The lowest BCUT2D eigenvalue weighted by Crippen LogP contribution is -2.17. The maximum absolute atomic E-state index is 5.66. The smallest absolute Gasteiger partial charge is 0.127 e. The third kappa shape index (κ3) is 2.65. The van der Waals surface area contributed by atoms with Crippen LogP contribution < -0.4 is 15.4 Å². The van der Waals surface area contributed by atoms with Gasteiger partial charge in [0.15, 0.2) is 0 Å². The zero-order valence-corrected chi connectivity index (χ0v) is 10.7. The Balaban J connectivity index is 2.13. The first-order valence-electron chi connectivity index (χ1n) is 5.85. The van der Waals surface area contributed by atoms with Crippen molar-refractivity contribution in [3.63, 3.8) is 0 Å². The number of nitrogens with zero attached hydrogens (tertiary/aromatic N) is 1. The molecule has 2 rings (SSSR count). The molecule has 0 aliphatic heterocycles. The van der Waals surface area contributed by atoms with E-state index in [1.165, 1.54) is 0 Å². The van der Waals surface area contributed by atoms with Crippen LogP contribution in [-0.4, -0.2) is 14.2 Å². The number of nitrogens with two attached hydrogens (primary N) is 1. The molecule has 2 N–H and O–H groups in total. The van der Waals surface area contributed by atoms with Crippen molar-refractivity contribution in [3.05, 3.63) is 47.9 Å². The predicted octanol–water partition coefficient (Wildman–Crippen LogP) is 2.38. The number of hydrogen-bond donors (Lipinski definition) is 1. The Bertz CT molecular complexity index is 508. The monoisotopic (exact) mass is 246 g/mol. The lowest BCUT2D eigenvalue weighted by atomic mass is 10.2. The van der Waals surface area contributed by atoms with Gasteiger partial charge in [0, 0.05) is 30.9 Å². The van der Waals surface area contributed by atoms with Crippen molar-refractivity contribution < 1.29 is 9.15 Å². The second-order valence-corrected chi connectivity index (χ2v) is 4.13. The fourth-order valence-electron chi connectivity index (χ4n) is 1.84. The first-order valence-corrected chi connectivity index (χ1v) is 5.85. The molecule has 0 atom stereocenters. The summed E-state index contributed by atoms with van der Waals surface area (Å²) in [5, 5.41) is 0. The predicted molar refractivity (Wildman–Crippen MR) is 71.7 cm³/mol. The normalized spacial score (nSPS) is 10.4. The van der Waals surface area contributed by atoms with E-state index < -0.39 is 0 Å². The van der Waals surface area contributed by atoms with E-state index in [9.17, 15) is 0 Å². The standard InChI is InChI=1S/C14H18N2O2/c1-16(10-14-11(9-15)6-7-18-14)12-4-3-5-13(8-12)17-2/h3-8H,9-10,15H2,1-2H3. The van der Waals surface area contributed by atoms with Crippen LogP contribution in [0.3, 0.4) is 0 Å². The van der Waals surface area contributed by atoms with E-state index in [2.05, 4.69) is 4.90 Å². The van der Waals surface area contributed by atoms with E-state index >= 15 is 0 Å². The van der Waals surface area contributed by atoms with Crippen molar-refractivity contribution in [1.29, 1.82) is 0 Å². The summed E-state index contributed by atoms with van der Waals surface area (Å²) in [6.45, 7) is 1.19. The van der Waals surface area contributed by atoms with Gasteiger partial charge in [-0.25, -0.2) is 0 Å². The quantitative estimate of drug-likeness (QED) is 0.880. The molecular formula is C14H18N2O2. The SMILES string of the molecule is COc1cccc(N(C)Cc2occc2CN)c1. The Hall–Kier alpha value is -1.94. The molecule has 1 aromatic carbocycles. The molecule has 0 spiro atoms. The first kappa shape index (κ1) is 12.5. The molecule has 96 valence electrons. The van der Waals surface area contributed by atoms with Crippen LogP contribution in [0.1, 0.15) is 11.3 Å². The van der Waals surface area contributed by atoms with Gasteiger partial charge in [0.1, 0.15) is 11.5 Å². The van der Waals surface area contributed by atoms with E-state index in [-0.39, 0.29) is 0 Å². The van der Waals surface area contributed by atoms with Crippen molar-refractivity contribution >= 4 is 5.69 Å². The molecule has 4 nitrogen and oxygen atoms in total. The van der Waals surface area contributed by atoms with Crippen LogP contribution in [0.15, 0.2) is 41.0 Å². The van der Waals surface area contributed by atoms with E-state index in [1.54, 1.807) is 13.4 Å². The van der Waals surface area contributed by atoms with Gasteiger partial charge in [-0.15, -0.1) is 0 Å². The summed E-state index contributed by atoms with van der Waals surface area (Å²) >= 11 is 0. The minimum atomic E-state index is 0.498. The lowest BCUT2D eigenvalue weighted by Gasteiger charge is -2.19. The van der Waals surface area contributed by atoms with E-state index in [1.807, 2.05) is 37.4 Å². The zero-order chi connectivity index (χ0) is 13.0. The summed E-state index contributed by atoms with van der Waals surface area (Å²) in [7, 11) is 3.68. The minimum Gasteiger partial charge on any atom is -0.497 e. The Kier molecular flexibility index (Phi) is 3.89. The average Bonchev–Trinajstić information content (AvgIpc) is 2.86. The Morgan fingerprint density at radius 1 is 1.33 bits per heavy atom. The highest BCUT2D eigenvalue weighted by Crippen LogP contribution is 2.22. The van der Waals surface area contributed by atoms with E-state index in [0.717, 1.165) is 22.8 Å². The molecule has 4 heteroatoms. The highest BCUT2D eigenvalue weighted by molar-refractivity contribution is 5.50. The summed E-state index contributed by atoms with van der Waals surface area (Å²) in [6.07, 6.45) is 1.68. The molecule has 18 heavy (non-hydrogen) atoms. The van der Waals surface area contributed by atoms with Crippen LogP contribution in [0.25, 0.3) is 0 Å². The second kappa shape index (κ2) is 5.60. The van der Waals surface area contributed by atoms with Crippen LogP contribution in [-0.2, 0) is 13.1 Å². The summed E-state index contributed by atoms with van der Waals surface area (Å²) < 4.78 is 10.7. The highest BCUT2D eigenvalue weighted by Gasteiger charge is 2.09. The molecule has 0 amide bonds. The molecule has 1 aromatic heterocycles. The Morgan fingerprint density at radius 2 is 2.17 bits per heavy atom. The minimum absolute atomic E-state index is 0.498. The van der Waals surface area contributed by atoms with Crippen LogP contribution in [0, 0.1) is 0 Å². The van der Waals surface area contributed by atoms with E-state index in [0.29, 0.717) is 13.1 Å². The summed E-state index contributed by atoms with van der Waals surface area (Å²) in [5.74, 6) is 1.75. The largest absolute Gasteiger partial charge is 0.497 e. The fraction of sp³-hybridized carbons (Fsp3) is 0.286. The van der Waals surface area contributed by atoms with Gasteiger partial charge in [0.2, 0.25) is 0 Å². The maximum atomic E-state index is 5.66. The number of hydrogen-bond acceptors (Lipinski definition) is 4. The Labute approximate surface area is 107 Å². The molecule has 0 unspecified atom stereocenters. The molecule has 2 aromatic rings. The van der Waals surface area contributed by atoms with Gasteiger partial charge in [0.25, 0.3) is 0 Å². The third-order valence-corrected chi connectivity index (χ3v) is 2.93. The Morgan fingerprint density at radius 3 is 2.89 bits per heavy atom. The van der Waals surface area contributed by atoms with Crippen molar-refractivity contribution in [2.24, 2.45) is 5.73 Å². The highest BCUT2D eigenvalue weighted by atomic mass is 16.5. The van der Waals surface area contributed by atoms with Gasteiger partial charge >= 0.3 is 0 Å². The molecule has 0 saturated heterocycles. The van der Waals surface area contributed by atoms with Crippen LogP contribution in [0.5, 0.6) is 5.75 Å². The van der Waals surface area contributed by atoms with Gasteiger partial charge in [-0.3, -0.25) is 0 Å². The molecular weight excluding hydrogens is 228 g/mol. The zero-order valence-electron chi connectivity index (χ0n) is 10.7. The summed E-state index contributed by atoms with van der Waals surface area (Å²) in [6, 6.07) is 9.83. The fourth-order valence-corrected chi connectivity index (χ4v) is 1.84. The number of ether oxygens (including phenoxy) is 1. The number of benzene rings is 1. The molecule has 0 radical (unpaired) electrons. The third-order valence-electron chi connectivity index (χ3n) is 2.93. The molecule has 1 heterocycles. The summed E-state index contributed by atoms with van der Waals surface area (Å²) in [4.78, 5) is 2.10. The molecule has 0 fully saturated rings. The van der Waals surface area contributed by atoms with Crippen LogP contribution >= 0.6 is 0 Å². The molecule has 0 aliphatic carbocycles. The first-order chi connectivity index (χ1) is 8.74. The van der Waals surface area contributed by atoms with Crippen LogP contribution in [0.4, 0.5) is 5.69 Å². The number of methoxy groups -OCH3 is 1. The van der Waals surface area contributed by atoms with Gasteiger partial charge in [-0.05, 0) is 18.2 Å². The topological polar surface area (TPSA) is 51.6 Å². The second-order valence-electron chi connectivity index (χ2n) is 4.13. The van der Waals surface area contributed by atoms with Gasteiger partial charge in [-0.2, -0.15) is 0 Å². The molecule has 0 aliphatic rings. The van der Waals surface area contributed by atoms with Crippen molar-refractivity contribution in [3.8, 4) is 5.75 Å². The average molecular weight is 246 g/mol. The maximum Gasteiger partial charge on any atom is 0.127 e. The van der Waals surface area contributed by atoms with Gasteiger partial charge in [0.05, 0.1) is 19.9 Å². The molecule has 0 saturated carbocycles. The van der Waals surface area contributed by atoms with Crippen molar-refractivity contribution in [2.75, 3.05) is 19.1 Å². The van der Waals surface area contributed by atoms with Crippen molar-refractivity contribution in [1.82, 2.24) is 0 Å². The van der Waals surface area contributed by atoms with Crippen molar-refractivity contribution in [2.45, 2.75) is 13.1 Å². The lowest BCUT2D eigenvalue weighted by molar-refractivity contribution is 0.414. The van der Waals surface area contributed by atoms with Gasteiger partial charge in [-0.1, -0.05) is 6.07 Å². The summed E-state index contributed by atoms with van der Waals surface area (Å²) in [5.41, 5.74) is 7.78. The number of anilines is 1. The number of furan rings is 1.